The van der Waals surface area contributed by atoms with Gasteiger partial charge in [0.1, 0.15) is 12.4 Å². The molecule has 1 aromatic rings. The molecule has 2 N–H and O–H groups in total. The first kappa shape index (κ1) is 19.3. The highest BCUT2D eigenvalue weighted by Gasteiger charge is 2.07. The molecule has 1 aromatic carbocycles. The predicted molar refractivity (Wildman–Crippen MR) is 101 cm³/mol. The van der Waals surface area contributed by atoms with Crippen molar-refractivity contribution in [3.8, 4) is 5.75 Å². The van der Waals surface area contributed by atoms with E-state index in [0.717, 1.165) is 17.9 Å². The van der Waals surface area contributed by atoms with Gasteiger partial charge in [-0.3, -0.25) is 4.79 Å². The van der Waals surface area contributed by atoms with Gasteiger partial charge in [0.05, 0.1) is 18.8 Å². The van der Waals surface area contributed by atoms with Gasteiger partial charge in [0, 0.05) is 13.2 Å². The van der Waals surface area contributed by atoms with Crippen LogP contribution in [-0.2, 0) is 9.53 Å². The average Bonchev–Trinajstić information content (AvgIpc) is 2.65. The van der Waals surface area contributed by atoms with E-state index in [0.29, 0.717) is 26.4 Å². The fraction of sp³-hybridized carbons (Fsp3) is 0.550. The molecule has 1 aliphatic rings. The Morgan fingerprint density at radius 3 is 2.88 bits per heavy atom. The molecule has 0 fully saturated rings. The standard InChI is InChI=1S/C20H30N2O3/c1-2-24-14-15-25-19-11-7-6-10-18(19)22-16-20(23)21-13-12-17-8-4-3-5-9-17/h6-8,10-11,22H,2-5,9,12-16H2,1H3,(H,21,23). The molecule has 2 rings (SSSR count). The van der Waals surface area contributed by atoms with E-state index in [1.54, 1.807) is 0 Å². The van der Waals surface area contributed by atoms with Crippen LogP contribution in [0.5, 0.6) is 5.75 Å². The molecule has 138 valence electrons. The maximum absolute atomic E-state index is 12.0. The summed E-state index contributed by atoms with van der Waals surface area (Å²) in [5, 5.41) is 6.13. The molecule has 1 amide bonds. The third-order valence-corrected chi connectivity index (χ3v) is 4.17. The Balaban J connectivity index is 1.69. The van der Waals surface area contributed by atoms with Crippen LogP contribution in [0.3, 0.4) is 0 Å². The minimum absolute atomic E-state index is 0.000490. The Kier molecular flexibility index (Phi) is 8.91. The zero-order valence-corrected chi connectivity index (χ0v) is 15.2. The highest BCUT2D eigenvalue weighted by atomic mass is 16.5. The summed E-state index contributed by atoms with van der Waals surface area (Å²) in [4.78, 5) is 12.0. The van der Waals surface area contributed by atoms with Gasteiger partial charge in [0.2, 0.25) is 5.91 Å². The molecule has 5 heteroatoms. The lowest BCUT2D eigenvalue weighted by atomic mass is 9.97. The number of hydrogen-bond donors (Lipinski definition) is 2. The van der Waals surface area contributed by atoms with E-state index in [-0.39, 0.29) is 12.5 Å². The van der Waals surface area contributed by atoms with Crippen LogP contribution in [0, 0.1) is 0 Å². The summed E-state index contributed by atoms with van der Waals surface area (Å²) in [5.41, 5.74) is 2.30. The van der Waals surface area contributed by atoms with E-state index in [2.05, 4.69) is 16.7 Å². The molecule has 0 radical (unpaired) electrons. The van der Waals surface area contributed by atoms with Crippen molar-refractivity contribution in [3.63, 3.8) is 0 Å². The summed E-state index contributed by atoms with van der Waals surface area (Å²) < 4.78 is 11.0. The van der Waals surface area contributed by atoms with Crippen LogP contribution < -0.4 is 15.4 Å². The lowest BCUT2D eigenvalue weighted by molar-refractivity contribution is -0.119. The quantitative estimate of drug-likeness (QED) is 0.475. The smallest absolute Gasteiger partial charge is 0.239 e. The summed E-state index contributed by atoms with van der Waals surface area (Å²) in [6, 6.07) is 7.64. The van der Waals surface area contributed by atoms with Crippen LogP contribution in [0.25, 0.3) is 0 Å². The van der Waals surface area contributed by atoms with Crippen molar-refractivity contribution in [1.29, 1.82) is 0 Å². The van der Waals surface area contributed by atoms with E-state index in [1.807, 2.05) is 31.2 Å². The molecule has 5 nitrogen and oxygen atoms in total. The van der Waals surface area contributed by atoms with Crippen molar-refractivity contribution >= 4 is 11.6 Å². The molecular formula is C20H30N2O3. The monoisotopic (exact) mass is 346 g/mol. The molecule has 0 bridgehead atoms. The predicted octanol–water partition coefficient (Wildman–Crippen LogP) is 3.52. The highest BCUT2D eigenvalue weighted by Crippen LogP contribution is 2.23. The van der Waals surface area contributed by atoms with Crippen LogP contribution in [-0.4, -0.2) is 38.8 Å². The number of anilines is 1. The molecule has 0 heterocycles. The first-order chi connectivity index (χ1) is 12.3. The summed E-state index contributed by atoms with van der Waals surface area (Å²) >= 11 is 0. The number of benzene rings is 1. The van der Waals surface area contributed by atoms with Crippen molar-refractivity contribution in [1.82, 2.24) is 5.32 Å². The van der Waals surface area contributed by atoms with E-state index in [4.69, 9.17) is 9.47 Å². The number of hydrogen-bond acceptors (Lipinski definition) is 4. The van der Waals surface area contributed by atoms with E-state index < -0.39 is 0 Å². The van der Waals surface area contributed by atoms with Gasteiger partial charge in [-0.15, -0.1) is 0 Å². The minimum atomic E-state index is 0.000490. The molecule has 0 unspecified atom stereocenters. The number of ether oxygens (including phenoxy) is 2. The average molecular weight is 346 g/mol. The second kappa shape index (κ2) is 11.5. The second-order valence-corrected chi connectivity index (χ2v) is 6.10. The molecular weight excluding hydrogens is 316 g/mol. The van der Waals surface area contributed by atoms with Crippen LogP contribution in [0.15, 0.2) is 35.9 Å². The number of carbonyl (C=O) groups is 1. The van der Waals surface area contributed by atoms with Gasteiger partial charge in [-0.1, -0.05) is 23.8 Å². The SMILES string of the molecule is CCOCCOc1ccccc1NCC(=O)NCCC1=CCCCC1. The van der Waals surface area contributed by atoms with E-state index in [9.17, 15) is 4.79 Å². The van der Waals surface area contributed by atoms with Crippen molar-refractivity contribution in [2.45, 2.75) is 39.0 Å². The van der Waals surface area contributed by atoms with Crippen molar-refractivity contribution < 1.29 is 14.3 Å². The van der Waals surface area contributed by atoms with Crippen LogP contribution in [0.1, 0.15) is 39.0 Å². The molecule has 0 saturated carbocycles. The fourth-order valence-electron chi connectivity index (χ4n) is 2.83. The number of allylic oxidation sites excluding steroid dienone is 1. The number of nitrogens with one attached hydrogen (secondary N) is 2. The van der Waals surface area contributed by atoms with E-state index >= 15 is 0 Å². The van der Waals surface area contributed by atoms with Gasteiger partial charge in [0.25, 0.3) is 0 Å². The van der Waals surface area contributed by atoms with Gasteiger partial charge < -0.3 is 20.1 Å². The molecule has 0 saturated heterocycles. The summed E-state index contributed by atoms with van der Waals surface area (Å²) in [7, 11) is 0. The van der Waals surface area contributed by atoms with Gasteiger partial charge in [-0.05, 0) is 51.2 Å². The fourth-order valence-corrected chi connectivity index (χ4v) is 2.83. The normalized spacial score (nSPS) is 13.9. The number of para-hydroxylation sites is 2. The largest absolute Gasteiger partial charge is 0.489 e. The zero-order valence-electron chi connectivity index (χ0n) is 15.2. The first-order valence-corrected chi connectivity index (χ1v) is 9.27. The lowest BCUT2D eigenvalue weighted by Crippen LogP contribution is -2.31. The topological polar surface area (TPSA) is 59.6 Å². The third-order valence-electron chi connectivity index (χ3n) is 4.17. The van der Waals surface area contributed by atoms with E-state index in [1.165, 1.54) is 31.3 Å². The Bertz CT molecular complexity index is 558. The van der Waals surface area contributed by atoms with Crippen molar-refractivity contribution in [3.05, 3.63) is 35.9 Å². The lowest BCUT2D eigenvalue weighted by Gasteiger charge is -2.14. The molecule has 0 spiro atoms. The van der Waals surface area contributed by atoms with Gasteiger partial charge in [-0.2, -0.15) is 0 Å². The van der Waals surface area contributed by atoms with Crippen molar-refractivity contribution in [2.24, 2.45) is 0 Å². The van der Waals surface area contributed by atoms with Gasteiger partial charge >= 0.3 is 0 Å². The maximum Gasteiger partial charge on any atom is 0.239 e. The summed E-state index contributed by atoms with van der Waals surface area (Å²) in [6.45, 7) is 4.64. The Hall–Kier alpha value is -2.01. The molecule has 1 aliphatic carbocycles. The van der Waals surface area contributed by atoms with Gasteiger partial charge in [0.15, 0.2) is 0 Å². The molecule has 0 atom stereocenters. The molecule has 0 aliphatic heterocycles. The Morgan fingerprint density at radius 1 is 1.20 bits per heavy atom. The first-order valence-electron chi connectivity index (χ1n) is 9.27. The molecule has 0 aromatic heterocycles. The molecule has 25 heavy (non-hydrogen) atoms. The van der Waals surface area contributed by atoms with Crippen molar-refractivity contribution in [2.75, 3.05) is 38.2 Å². The second-order valence-electron chi connectivity index (χ2n) is 6.10. The summed E-state index contributed by atoms with van der Waals surface area (Å²) in [5.74, 6) is 0.739. The number of amides is 1. The van der Waals surface area contributed by atoms with Crippen LogP contribution in [0.4, 0.5) is 5.69 Å². The Morgan fingerprint density at radius 2 is 2.08 bits per heavy atom. The summed E-state index contributed by atoms with van der Waals surface area (Å²) in [6.07, 6.45) is 8.23. The van der Waals surface area contributed by atoms with Crippen LogP contribution >= 0.6 is 0 Å². The Labute approximate surface area is 150 Å². The third kappa shape index (κ3) is 7.61. The minimum Gasteiger partial charge on any atom is -0.489 e. The maximum atomic E-state index is 12.0. The van der Waals surface area contributed by atoms with Crippen LogP contribution in [0.2, 0.25) is 0 Å². The highest BCUT2D eigenvalue weighted by molar-refractivity contribution is 5.81. The van der Waals surface area contributed by atoms with Gasteiger partial charge in [-0.25, -0.2) is 0 Å². The number of carbonyl (C=O) groups excluding carboxylic acids is 1. The zero-order chi connectivity index (χ0) is 17.7. The number of rotatable bonds is 11.